The van der Waals surface area contributed by atoms with Crippen LogP contribution in [0.25, 0.3) is 0 Å². The number of hydrogen-bond acceptors (Lipinski definition) is 3. The standard InChI is InChI=1S/C16H21N3/c1-12-10-14(16(17)19-11-12)15(18-2)9-8-13-6-4-3-5-7-13/h3-7,10-11,15,18H,8-9H2,1-2H3,(H2,17,19). The molecule has 1 aromatic heterocycles. The van der Waals surface area contributed by atoms with Gasteiger partial charge in [0, 0.05) is 17.8 Å². The molecule has 3 nitrogen and oxygen atoms in total. The van der Waals surface area contributed by atoms with E-state index in [-0.39, 0.29) is 6.04 Å². The van der Waals surface area contributed by atoms with E-state index in [0.717, 1.165) is 24.0 Å². The minimum Gasteiger partial charge on any atom is -0.383 e. The van der Waals surface area contributed by atoms with Crippen molar-refractivity contribution in [3.63, 3.8) is 0 Å². The van der Waals surface area contributed by atoms with Gasteiger partial charge in [0.15, 0.2) is 0 Å². The zero-order chi connectivity index (χ0) is 13.7. The molecule has 0 spiro atoms. The Hall–Kier alpha value is -1.87. The van der Waals surface area contributed by atoms with Crippen LogP contribution in [0.5, 0.6) is 0 Å². The summed E-state index contributed by atoms with van der Waals surface area (Å²) in [5.41, 5.74) is 9.57. The second-order valence-corrected chi connectivity index (χ2v) is 4.85. The average molecular weight is 255 g/mol. The molecule has 0 aliphatic heterocycles. The number of nitrogens with two attached hydrogens (primary N) is 1. The van der Waals surface area contributed by atoms with E-state index in [2.05, 4.69) is 40.6 Å². The Balaban J connectivity index is 2.10. The number of nitrogens with one attached hydrogen (secondary N) is 1. The number of benzene rings is 1. The van der Waals surface area contributed by atoms with Crippen LogP contribution in [-0.2, 0) is 6.42 Å². The molecule has 0 fully saturated rings. The molecule has 100 valence electrons. The second kappa shape index (κ2) is 6.34. The van der Waals surface area contributed by atoms with Crippen molar-refractivity contribution in [3.8, 4) is 0 Å². The van der Waals surface area contributed by atoms with Gasteiger partial charge in [-0.3, -0.25) is 0 Å². The van der Waals surface area contributed by atoms with Crippen LogP contribution in [0, 0.1) is 6.92 Å². The number of anilines is 1. The average Bonchev–Trinajstić information content (AvgIpc) is 2.44. The number of nitrogens with zero attached hydrogens (tertiary/aromatic N) is 1. The van der Waals surface area contributed by atoms with Crippen molar-refractivity contribution in [3.05, 3.63) is 59.3 Å². The van der Waals surface area contributed by atoms with E-state index >= 15 is 0 Å². The Morgan fingerprint density at radius 3 is 2.68 bits per heavy atom. The van der Waals surface area contributed by atoms with Gasteiger partial charge in [-0.1, -0.05) is 30.3 Å². The van der Waals surface area contributed by atoms with Gasteiger partial charge in [0.25, 0.3) is 0 Å². The van der Waals surface area contributed by atoms with Crippen molar-refractivity contribution >= 4 is 5.82 Å². The maximum Gasteiger partial charge on any atom is 0.128 e. The summed E-state index contributed by atoms with van der Waals surface area (Å²) < 4.78 is 0. The van der Waals surface area contributed by atoms with Crippen LogP contribution in [0.3, 0.4) is 0 Å². The zero-order valence-electron chi connectivity index (χ0n) is 11.6. The van der Waals surface area contributed by atoms with Gasteiger partial charge in [0.1, 0.15) is 5.82 Å². The zero-order valence-corrected chi connectivity index (χ0v) is 11.6. The van der Waals surface area contributed by atoms with Gasteiger partial charge in [-0.05, 0) is 44.0 Å². The smallest absolute Gasteiger partial charge is 0.128 e. The molecule has 0 radical (unpaired) electrons. The number of aryl methyl sites for hydroxylation is 2. The Labute approximate surface area is 114 Å². The number of rotatable bonds is 5. The van der Waals surface area contributed by atoms with E-state index in [1.165, 1.54) is 5.56 Å². The van der Waals surface area contributed by atoms with Crippen molar-refractivity contribution in [2.24, 2.45) is 0 Å². The molecule has 3 N–H and O–H groups in total. The van der Waals surface area contributed by atoms with Gasteiger partial charge >= 0.3 is 0 Å². The summed E-state index contributed by atoms with van der Waals surface area (Å²) in [6.45, 7) is 2.04. The van der Waals surface area contributed by atoms with Gasteiger partial charge in [0.05, 0.1) is 0 Å². The molecular formula is C16H21N3. The minimum absolute atomic E-state index is 0.243. The first-order chi connectivity index (χ1) is 9.20. The molecule has 2 rings (SSSR count). The molecule has 1 unspecified atom stereocenters. The molecule has 0 saturated heterocycles. The van der Waals surface area contributed by atoms with Crippen molar-refractivity contribution in [2.45, 2.75) is 25.8 Å². The lowest BCUT2D eigenvalue weighted by Crippen LogP contribution is -2.19. The largest absolute Gasteiger partial charge is 0.383 e. The molecule has 2 aromatic rings. The van der Waals surface area contributed by atoms with Crippen LogP contribution in [0.2, 0.25) is 0 Å². The Morgan fingerprint density at radius 2 is 2.00 bits per heavy atom. The molecule has 1 aromatic carbocycles. The molecule has 1 atom stereocenters. The number of pyridine rings is 1. The molecular weight excluding hydrogens is 234 g/mol. The van der Waals surface area contributed by atoms with E-state index in [4.69, 9.17) is 5.73 Å². The Morgan fingerprint density at radius 1 is 1.26 bits per heavy atom. The predicted octanol–water partition coefficient (Wildman–Crippen LogP) is 2.87. The highest BCUT2D eigenvalue weighted by molar-refractivity contribution is 5.43. The third kappa shape index (κ3) is 3.55. The molecule has 0 amide bonds. The molecule has 1 heterocycles. The van der Waals surface area contributed by atoms with Crippen LogP contribution >= 0.6 is 0 Å². The normalized spacial score (nSPS) is 12.3. The first kappa shape index (κ1) is 13.6. The SMILES string of the molecule is CNC(CCc1ccccc1)c1cc(C)cnc1N. The Bertz CT molecular complexity index is 523. The fraction of sp³-hybridized carbons (Fsp3) is 0.312. The lowest BCUT2D eigenvalue weighted by atomic mass is 9.98. The highest BCUT2D eigenvalue weighted by atomic mass is 14.9. The maximum atomic E-state index is 5.98. The molecule has 0 aliphatic carbocycles. The Kier molecular flexibility index (Phi) is 4.53. The lowest BCUT2D eigenvalue weighted by Gasteiger charge is -2.18. The monoisotopic (exact) mass is 255 g/mol. The molecule has 0 bridgehead atoms. The van der Waals surface area contributed by atoms with Gasteiger partial charge < -0.3 is 11.1 Å². The molecule has 0 saturated carbocycles. The quantitative estimate of drug-likeness (QED) is 0.863. The lowest BCUT2D eigenvalue weighted by molar-refractivity contribution is 0.549. The number of aromatic nitrogens is 1. The van der Waals surface area contributed by atoms with E-state index < -0.39 is 0 Å². The fourth-order valence-corrected chi connectivity index (χ4v) is 2.29. The summed E-state index contributed by atoms with van der Waals surface area (Å²) in [4.78, 5) is 4.24. The van der Waals surface area contributed by atoms with E-state index in [9.17, 15) is 0 Å². The van der Waals surface area contributed by atoms with Gasteiger partial charge in [-0.25, -0.2) is 4.98 Å². The topological polar surface area (TPSA) is 50.9 Å². The number of hydrogen-bond donors (Lipinski definition) is 2. The molecule has 19 heavy (non-hydrogen) atoms. The highest BCUT2D eigenvalue weighted by Gasteiger charge is 2.13. The molecule has 0 aliphatic rings. The fourth-order valence-electron chi connectivity index (χ4n) is 2.29. The second-order valence-electron chi connectivity index (χ2n) is 4.85. The van der Waals surface area contributed by atoms with E-state index in [1.54, 1.807) is 0 Å². The summed E-state index contributed by atoms with van der Waals surface area (Å²) in [5, 5.41) is 3.34. The van der Waals surface area contributed by atoms with Crippen LogP contribution in [-0.4, -0.2) is 12.0 Å². The summed E-state index contributed by atoms with van der Waals surface area (Å²) in [7, 11) is 1.97. The van der Waals surface area contributed by atoms with Crippen LogP contribution in [0.4, 0.5) is 5.82 Å². The summed E-state index contributed by atoms with van der Waals surface area (Å²) in [6.07, 6.45) is 3.85. The van der Waals surface area contributed by atoms with E-state index in [0.29, 0.717) is 5.82 Å². The van der Waals surface area contributed by atoms with Crippen molar-refractivity contribution in [1.29, 1.82) is 0 Å². The number of nitrogen functional groups attached to an aromatic ring is 1. The highest BCUT2D eigenvalue weighted by Crippen LogP contribution is 2.23. The van der Waals surface area contributed by atoms with Crippen molar-refractivity contribution < 1.29 is 0 Å². The van der Waals surface area contributed by atoms with Gasteiger partial charge in [-0.2, -0.15) is 0 Å². The third-order valence-electron chi connectivity index (χ3n) is 3.37. The first-order valence-corrected chi connectivity index (χ1v) is 6.64. The van der Waals surface area contributed by atoms with Crippen molar-refractivity contribution in [2.75, 3.05) is 12.8 Å². The summed E-state index contributed by atoms with van der Waals surface area (Å²) in [5.74, 6) is 0.623. The van der Waals surface area contributed by atoms with Gasteiger partial charge in [-0.15, -0.1) is 0 Å². The maximum absolute atomic E-state index is 5.98. The van der Waals surface area contributed by atoms with Crippen molar-refractivity contribution in [1.82, 2.24) is 10.3 Å². The molecule has 3 heteroatoms. The minimum atomic E-state index is 0.243. The van der Waals surface area contributed by atoms with Gasteiger partial charge in [0.2, 0.25) is 0 Å². The van der Waals surface area contributed by atoms with Crippen LogP contribution in [0.1, 0.15) is 29.2 Å². The predicted molar refractivity (Wildman–Crippen MR) is 80.0 cm³/mol. The van der Waals surface area contributed by atoms with Crippen LogP contribution in [0.15, 0.2) is 42.6 Å². The third-order valence-corrected chi connectivity index (χ3v) is 3.37. The first-order valence-electron chi connectivity index (χ1n) is 6.64. The summed E-state index contributed by atoms with van der Waals surface area (Å²) >= 11 is 0. The van der Waals surface area contributed by atoms with Crippen LogP contribution < -0.4 is 11.1 Å². The summed E-state index contributed by atoms with van der Waals surface area (Å²) in [6, 6.07) is 12.9. The van der Waals surface area contributed by atoms with E-state index in [1.807, 2.05) is 26.2 Å².